The predicted molar refractivity (Wildman–Crippen MR) is 74.1 cm³/mol. The zero-order valence-corrected chi connectivity index (χ0v) is 12.2. The first kappa shape index (κ1) is 12.5. The van der Waals surface area contributed by atoms with Gasteiger partial charge in [0.25, 0.3) is 0 Å². The average Bonchev–Trinajstić information content (AvgIpc) is 2.99. The molecule has 20 heavy (non-hydrogen) atoms. The molecular formula is C14H17N3O2S. The lowest BCUT2D eigenvalue weighted by Gasteiger charge is -2.17. The molecule has 0 radical (unpaired) electrons. The van der Waals surface area contributed by atoms with Gasteiger partial charge in [0.1, 0.15) is 0 Å². The van der Waals surface area contributed by atoms with Crippen LogP contribution in [-0.4, -0.2) is 46.7 Å². The number of imide groups is 1. The van der Waals surface area contributed by atoms with Gasteiger partial charge in [-0.25, -0.2) is 4.98 Å². The number of aromatic nitrogens is 1. The molecule has 2 saturated heterocycles. The van der Waals surface area contributed by atoms with Gasteiger partial charge in [-0.3, -0.25) is 19.4 Å². The molecule has 0 aromatic carbocycles. The van der Waals surface area contributed by atoms with Crippen LogP contribution in [-0.2, 0) is 16.1 Å². The van der Waals surface area contributed by atoms with E-state index in [1.165, 1.54) is 22.7 Å². The van der Waals surface area contributed by atoms with Crippen LogP contribution in [0, 0.1) is 11.8 Å². The average molecular weight is 291 g/mol. The summed E-state index contributed by atoms with van der Waals surface area (Å²) >= 11 is 1.75. The molecule has 3 aliphatic rings. The summed E-state index contributed by atoms with van der Waals surface area (Å²) in [4.78, 5) is 32.1. The van der Waals surface area contributed by atoms with E-state index >= 15 is 0 Å². The Morgan fingerprint density at radius 1 is 1.25 bits per heavy atom. The van der Waals surface area contributed by atoms with Crippen molar-refractivity contribution in [2.24, 2.45) is 11.8 Å². The second-order valence-electron chi connectivity index (χ2n) is 6.09. The van der Waals surface area contributed by atoms with Crippen molar-refractivity contribution in [3.63, 3.8) is 0 Å². The molecule has 106 valence electrons. The van der Waals surface area contributed by atoms with Crippen LogP contribution in [0.2, 0.25) is 0 Å². The van der Waals surface area contributed by atoms with Crippen LogP contribution in [0.3, 0.4) is 0 Å². The van der Waals surface area contributed by atoms with Crippen molar-refractivity contribution >= 4 is 23.2 Å². The summed E-state index contributed by atoms with van der Waals surface area (Å²) in [5, 5.41) is 3.38. The van der Waals surface area contributed by atoms with Gasteiger partial charge in [-0.1, -0.05) is 0 Å². The van der Waals surface area contributed by atoms with Gasteiger partial charge < -0.3 is 0 Å². The number of fused-ring (bicyclic) bond motifs is 1. The minimum absolute atomic E-state index is 0.0144. The Morgan fingerprint density at radius 2 is 1.90 bits per heavy atom. The van der Waals surface area contributed by atoms with Crippen molar-refractivity contribution < 1.29 is 9.59 Å². The number of hydrogen-bond donors (Lipinski definition) is 0. The molecule has 1 aromatic heterocycles. The van der Waals surface area contributed by atoms with Gasteiger partial charge >= 0.3 is 0 Å². The second-order valence-corrected chi connectivity index (χ2v) is 6.98. The van der Waals surface area contributed by atoms with E-state index in [0.29, 0.717) is 19.0 Å². The van der Waals surface area contributed by atoms with E-state index in [9.17, 15) is 9.59 Å². The first-order chi connectivity index (χ1) is 9.63. The maximum Gasteiger partial charge on any atom is 0.234 e. The molecule has 0 bridgehead atoms. The van der Waals surface area contributed by atoms with E-state index in [2.05, 4.69) is 15.3 Å². The molecule has 5 nitrogen and oxygen atoms in total. The highest BCUT2D eigenvalue weighted by Crippen LogP contribution is 2.41. The number of likely N-dealkylation sites (tertiary alicyclic amines) is 2. The van der Waals surface area contributed by atoms with Crippen LogP contribution in [0.15, 0.2) is 5.38 Å². The zero-order chi connectivity index (χ0) is 13.9. The van der Waals surface area contributed by atoms with Crippen molar-refractivity contribution in [1.29, 1.82) is 0 Å². The number of hydrogen-bond acceptors (Lipinski definition) is 5. The summed E-state index contributed by atoms with van der Waals surface area (Å²) in [5.74, 6) is 0.408. The van der Waals surface area contributed by atoms with Crippen molar-refractivity contribution in [1.82, 2.24) is 14.8 Å². The summed E-state index contributed by atoms with van der Waals surface area (Å²) in [6.07, 6.45) is 2.55. The fourth-order valence-corrected chi connectivity index (χ4v) is 4.25. The molecular weight excluding hydrogens is 274 g/mol. The molecule has 3 heterocycles. The van der Waals surface area contributed by atoms with Gasteiger partial charge in [0.2, 0.25) is 11.8 Å². The summed E-state index contributed by atoms with van der Waals surface area (Å²) in [7, 11) is 1.59. The fraction of sp³-hybridized carbons (Fsp3) is 0.643. The first-order valence-electron chi connectivity index (χ1n) is 7.11. The lowest BCUT2D eigenvalue weighted by atomic mass is 10.00. The molecule has 2 atom stereocenters. The quantitative estimate of drug-likeness (QED) is 0.782. The largest absolute Gasteiger partial charge is 0.296 e. The van der Waals surface area contributed by atoms with Crippen molar-refractivity contribution in [2.75, 3.05) is 20.1 Å². The van der Waals surface area contributed by atoms with E-state index in [4.69, 9.17) is 0 Å². The number of thiazole rings is 1. The van der Waals surface area contributed by atoms with Crippen LogP contribution in [0.25, 0.3) is 0 Å². The molecule has 6 heteroatoms. The van der Waals surface area contributed by atoms with Gasteiger partial charge in [-0.15, -0.1) is 11.3 Å². The first-order valence-corrected chi connectivity index (χ1v) is 7.99. The summed E-state index contributed by atoms with van der Waals surface area (Å²) in [6, 6.07) is 0. The lowest BCUT2D eigenvalue weighted by Crippen LogP contribution is -2.33. The smallest absolute Gasteiger partial charge is 0.234 e. The third-order valence-corrected chi connectivity index (χ3v) is 5.63. The molecule has 0 N–H and O–H groups in total. The predicted octanol–water partition coefficient (Wildman–Crippen LogP) is 1.07. The number of nitrogens with zero attached hydrogens (tertiary/aromatic N) is 3. The van der Waals surface area contributed by atoms with E-state index in [1.807, 2.05) is 0 Å². The Kier molecular flexibility index (Phi) is 2.72. The van der Waals surface area contributed by atoms with Gasteiger partial charge in [0.05, 0.1) is 22.5 Å². The fourth-order valence-electron chi connectivity index (χ4n) is 3.26. The summed E-state index contributed by atoms with van der Waals surface area (Å²) in [6.45, 7) is 2.15. The molecule has 1 aromatic rings. The van der Waals surface area contributed by atoms with Crippen LogP contribution < -0.4 is 0 Å². The Balaban J connectivity index is 1.44. The standard InChI is InChI=1S/C14H17N3O2S/c1-16-13(18)10-5-17(6-11(10)14(16)19)4-9-7-20-12(15-9)8-2-3-8/h7-8,10-11H,2-6H2,1H3. The van der Waals surface area contributed by atoms with Gasteiger partial charge in [-0.2, -0.15) is 0 Å². The Bertz CT molecular complexity index is 557. The molecule has 1 saturated carbocycles. The SMILES string of the molecule is CN1C(=O)C2CN(Cc3csc(C4CC4)n3)CC2C1=O. The monoisotopic (exact) mass is 291 g/mol. The highest BCUT2D eigenvalue weighted by atomic mass is 32.1. The lowest BCUT2D eigenvalue weighted by molar-refractivity contribution is -0.138. The van der Waals surface area contributed by atoms with E-state index in [1.54, 1.807) is 18.4 Å². The molecule has 2 aliphatic heterocycles. The minimum Gasteiger partial charge on any atom is -0.296 e. The molecule has 3 fully saturated rings. The van der Waals surface area contributed by atoms with Crippen molar-refractivity contribution in [3.05, 3.63) is 16.1 Å². The maximum atomic E-state index is 12.0. The molecule has 0 spiro atoms. The number of amides is 2. The van der Waals surface area contributed by atoms with Gasteiger partial charge in [0.15, 0.2) is 0 Å². The highest BCUT2D eigenvalue weighted by molar-refractivity contribution is 7.09. The van der Waals surface area contributed by atoms with Gasteiger partial charge in [-0.05, 0) is 12.8 Å². The Hall–Kier alpha value is -1.27. The van der Waals surface area contributed by atoms with Crippen molar-refractivity contribution in [2.45, 2.75) is 25.3 Å². The third-order valence-electron chi connectivity index (χ3n) is 4.57. The summed E-state index contributed by atoms with van der Waals surface area (Å²) in [5.41, 5.74) is 1.09. The number of rotatable bonds is 3. The van der Waals surface area contributed by atoms with E-state index in [-0.39, 0.29) is 23.7 Å². The van der Waals surface area contributed by atoms with Crippen LogP contribution in [0.1, 0.15) is 29.5 Å². The summed E-state index contributed by atoms with van der Waals surface area (Å²) < 4.78 is 0. The number of carbonyl (C=O) groups is 2. The highest BCUT2D eigenvalue weighted by Gasteiger charge is 2.50. The second kappa shape index (κ2) is 4.36. The molecule has 2 amide bonds. The normalized spacial score (nSPS) is 30.4. The maximum absolute atomic E-state index is 12.0. The van der Waals surface area contributed by atoms with Crippen molar-refractivity contribution in [3.8, 4) is 0 Å². The topological polar surface area (TPSA) is 53.5 Å². The minimum atomic E-state index is -0.131. The molecule has 2 unspecified atom stereocenters. The number of carbonyl (C=O) groups excluding carboxylic acids is 2. The van der Waals surface area contributed by atoms with Gasteiger partial charge in [0, 0.05) is 38.0 Å². The molecule has 4 rings (SSSR count). The van der Waals surface area contributed by atoms with Crippen LogP contribution >= 0.6 is 11.3 Å². The third kappa shape index (κ3) is 1.90. The van der Waals surface area contributed by atoms with Crippen LogP contribution in [0.5, 0.6) is 0 Å². The zero-order valence-electron chi connectivity index (χ0n) is 11.4. The van der Waals surface area contributed by atoms with E-state index in [0.717, 1.165) is 12.2 Å². The Labute approximate surface area is 121 Å². The molecule has 1 aliphatic carbocycles. The van der Waals surface area contributed by atoms with Crippen LogP contribution in [0.4, 0.5) is 0 Å². The van der Waals surface area contributed by atoms with E-state index < -0.39 is 0 Å². The Morgan fingerprint density at radius 3 is 2.50 bits per heavy atom.